The number of fused-ring (bicyclic) bond motifs is 2. The van der Waals surface area contributed by atoms with Crippen molar-refractivity contribution in [1.82, 2.24) is 35.0 Å². The van der Waals surface area contributed by atoms with Crippen molar-refractivity contribution in [3.8, 4) is 39.4 Å². The van der Waals surface area contributed by atoms with Gasteiger partial charge in [0.15, 0.2) is 5.65 Å². The predicted octanol–water partition coefficient (Wildman–Crippen LogP) is 5.84. The van der Waals surface area contributed by atoms with Crippen LogP contribution in [0.3, 0.4) is 0 Å². The molecule has 0 aliphatic carbocycles. The highest BCUT2D eigenvalue weighted by atomic mass is 19.1. The molecule has 1 saturated heterocycles. The normalized spacial score (nSPS) is 14.0. The van der Waals surface area contributed by atoms with Crippen LogP contribution in [0.1, 0.15) is 12.8 Å². The number of likely N-dealkylation sites (tertiary alicyclic amines) is 1. The van der Waals surface area contributed by atoms with Crippen molar-refractivity contribution >= 4 is 21.9 Å². The minimum absolute atomic E-state index is 0.286. The first kappa shape index (κ1) is 23.5. The summed E-state index contributed by atoms with van der Waals surface area (Å²) in [5.41, 5.74) is 6.07. The lowest BCUT2D eigenvalue weighted by molar-refractivity contribution is 0.237. The molecule has 7 rings (SSSR count). The molecule has 0 unspecified atom stereocenters. The molecule has 39 heavy (non-hydrogen) atoms. The van der Waals surface area contributed by atoms with E-state index >= 15 is 0 Å². The molecule has 0 saturated carbocycles. The van der Waals surface area contributed by atoms with E-state index in [1.807, 2.05) is 30.5 Å². The number of aromatic amines is 2. The molecule has 8 nitrogen and oxygen atoms in total. The molecule has 0 spiro atoms. The zero-order valence-corrected chi connectivity index (χ0v) is 21.2. The smallest absolute Gasteiger partial charge is 0.181 e. The minimum atomic E-state index is -0.286. The van der Waals surface area contributed by atoms with E-state index in [2.05, 4.69) is 35.0 Å². The van der Waals surface area contributed by atoms with Gasteiger partial charge in [0.05, 0.1) is 29.3 Å². The molecule has 6 aromatic rings. The number of aromatic nitrogens is 6. The highest BCUT2D eigenvalue weighted by molar-refractivity contribution is 6.00. The van der Waals surface area contributed by atoms with E-state index in [-0.39, 0.29) is 5.82 Å². The van der Waals surface area contributed by atoms with Crippen LogP contribution in [0.4, 0.5) is 4.39 Å². The van der Waals surface area contributed by atoms with E-state index in [9.17, 15) is 4.39 Å². The molecule has 1 aliphatic rings. The van der Waals surface area contributed by atoms with E-state index in [0.29, 0.717) is 17.8 Å². The molecule has 1 aromatic carbocycles. The monoisotopic (exact) mass is 519 g/mol. The van der Waals surface area contributed by atoms with Gasteiger partial charge in [0.1, 0.15) is 18.2 Å². The van der Waals surface area contributed by atoms with Crippen molar-refractivity contribution < 1.29 is 9.13 Å². The summed E-state index contributed by atoms with van der Waals surface area (Å²) in [5, 5.41) is 9.27. The van der Waals surface area contributed by atoms with Gasteiger partial charge in [0.2, 0.25) is 0 Å². The summed E-state index contributed by atoms with van der Waals surface area (Å²) in [6.07, 6.45) is 11.3. The van der Waals surface area contributed by atoms with Crippen LogP contribution in [0, 0.1) is 5.82 Å². The third-order valence-corrected chi connectivity index (χ3v) is 7.31. The van der Waals surface area contributed by atoms with Gasteiger partial charge < -0.3 is 9.72 Å². The lowest BCUT2D eigenvalue weighted by Crippen LogP contribution is -2.25. The van der Waals surface area contributed by atoms with Crippen LogP contribution in [-0.4, -0.2) is 61.3 Å². The fourth-order valence-electron chi connectivity index (χ4n) is 5.30. The van der Waals surface area contributed by atoms with Gasteiger partial charge in [-0.05, 0) is 50.2 Å². The van der Waals surface area contributed by atoms with Crippen LogP contribution in [-0.2, 0) is 0 Å². The molecule has 5 aromatic heterocycles. The largest absolute Gasteiger partial charge is 0.491 e. The third-order valence-electron chi connectivity index (χ3n) is 7.31. The van der Waals surface area contributed by atoms with Crippen molar-refractivity contribution in [1.29, 1.82) is 0 Å². The van der Waals surface area contributed by atoms with E-state index < -0.39 is 0 Å². The van der Waals surface area contributed by atoms with Crippen LogP contribution < -0.4 is 4.74 Å². The number of hydrogen-bond donors (Lipinski definition) is 2. The number of rotatable bonds is 7. The van der Waals surface area contributed by atoms with Crippen molar-refractivity contribution in [2.24, 2.45) is 0 Å². The van der Waals surface area contributed by atoms with E-state index in [4.69, 9.17) is 4.74 Å². The summed E-state index contributed by atoms with van der Waals surface area (Å²) >= 11 is 0. The van der Waals surface area contributed by atoms with Crippen LogP contribution in [0.15, 0.2) is 73.4 Å². The maximum atomic E-state index is 14.6. The van der Waals surface area contributed by atoms with E-state index in [1.165, 1.54) is 18.9 Å². The Kier molecular flexibility index (Phi) is 5.97. The molecule has 0 radical (unpaired) electrons. The Labute approximate surface area is 223 Å². The Morgan fingerprint density at radius 3 is 2.62 bits per heavy atom. The van der Waals surface area contributed by atoms with Crippen molar-refractivity contribution in [2.75, 3.05) is 26.2 Å². The van der Waals surface area contributed by atoms with Crippen molar-refractivity contribution in [3.63, 3.8) is 0 Å². The lowest BCUT2D eigenvalue weighted by Gasteiger charge is -2.15. The molecule has 9 heteroatoms. The SMILES string of the molecule is Fc1ccccc1-c1cncc2[nH]c(-c3[nH]nc4ncc(-c5cncc(OCCN6CCCC6)c5)cc34)cc12. The van der Waals surface area contributed by atoms with Crippen molar-refractivity contribution in [3.05, 3.63) is 79.3 Å². The maximum absolute atomic E-state index is 14.6. The van der Waals surface area contributed by atoms with Crippen LogP contribution in [0.5, 0.6) is 5.75 Å². The second-order valence-electron chi connectivity index (χ2n) is 9.81. The molecule has 0 atom stereocenters. The van der Waals surface area contributed by atoms with Gasteiger partial charge in [-0.15, -0.1) is 0 Å². The number of benzene rings is 1. The average molecular weight is 520 g/mol. The van der Waals surface area contributed by atoms with Crippen LogP contribution >= 0.6 is 0 Å². The highest BCUT2D eigenvalue weighted by Crippen LogP contribution is 2.35. The summed E-state index contributed by atoms with van der Waals surface area (Å²) in [7, 11) is 0. The zero-order valence-electron chi connectivity index (χ0n) is 21.2. The maximum Gasteiger partial charge on any atom is 0.181 e. The Bertz CT molecular complexity index is 1790. The summed E-state index contributed by atoms with van der Waals surface area (Å²) in [4.78, 5) is 19.2. The number of hydrogen-bond acceptors (Lipinski definition) is 6. The summed E-state index contributed by atoms with van der Waals surface area (Å²) in [6.45, 7) is 3.86. The molecule has 1 fully saturated rings. The molecular weight excluding hydrogens is 493 g/mol. The van der Waals surface area contributed by atoms with E-state index in [0.717, 1.165) is 69.8 Å². The van der Waals surface area contributed by atoms with Gasteiger partial charge in [-0.25, -0.2) is 9.37 Å². The number of ether oxygens (including phenoxy) is 1. The number of H-pyrrole nitrogens is 2. The summed E-state index contributed by atoms with van der Waals surface area (Å²) in [6, 6.07) is 12.8. The molecule has 0 bridgehead atoms. The summed E-state index contributed by atoms with van der Waals surface area (Å²) < 4.78 is 20.6. The fourth-order valence-corrected chi connectivity index (χ4v) is 5.30. The first-order valence-electron chi connectivity index (χ1n) is 13.1. The van der Waals surface area contributed by atoms with Gasteiger partial charge in [0.25, 0.3) is 0 Å². The van der Waals surface area contributed by atoms with Crippen LogP contribution in [0.25, 0.3) is 55.6 Å². The first-order chi connectivity index (χ1) is 19.2. The number of halogens is 1. The minimum Gasteiger partial charge on any atom is -0.491 e. The Morgan fingerprint density at radius 1 is 0.872 bits per heavy atom. The molecular formula is C30H26FN7O. The zero-order chi connectivity index (χ0) is 26.2. The van der Waals surface area contributed by atoms with Crippen LogP contribution in [0.2, 0.25) is 0 Å². The van der Waals surface area contributed by atoms with Gasteiger partial charge in [-0.3, -0.25) is 20.0 Å². The number of pyridine rings is 3. The topological polar surface area (TPSA) is 95.6 Å². The first-order valence-corrected chi connectivity index (χ1v) is 13.1. The van der Waals surface area contributed by atoms with Gasteiger partial charge in [-0.2, -0.15) is 5.10 Å². The fraction of sp³-hybridized carbons (Fsp3) is 0.200. The molecule has 1 aliphatic heterocycles. The Morgan fingerprint density at radius 2 is 1.72 bits per heavy atom. The average Bonchev–Trinajstić information content (AvgIpc) is 3.73. The number of nitrogens with one attached hydrogen (secondary N) is 2. The highest BCUT2D eigenvalue weighted by Gasteiger charge is 2.16. The molecule has 0 amide bonds. The quantitative estimate of drug-likeness (QED) is 0.275. The lowest BCUT2D eigenvalue weighted by atomic mass is 10.0. The van der Waals surface area contributed by atoms with Gasteiger partial charge >= 0.3 is 0 Å². The van der Waals surface area contributed by atoms with Crippen molar-refractivity contribution in [2.45, 2.75) is 12.8 Å². The van der Waals surface area contributed by atoms with Gasteiger partial charge in [-0.1, -0.05) is 18.2 Å². The summed E-state index contributed by atoms with van der Waals surface area (Å²) in [5.74, 6) is 0.453. The second kappa shape index (κ2) is 9.92. The molecule has 6 heterocycles. The van der Waals surface area contributed by atoms with Gasteiger partial charge in [0, 0.05) is 58.2 Å². The predicted molar refractivity (Wildman–Crippen MR) is 149 cm³/mol. The third kappa shape index (κ3) is 4.51. The Hall–Kier alpha value is -4.63. The van der Waals surface area contributed by atoms with E-state index in [1.54, 1.807) is 36.9 Å². The standard InChI is InChI=1S/C30H26FN7O/c31-26-6-2-1-5-22(26)25-17-33-18-28-23(25)13-27(35-28)29-24-12-20(15-34-30(24)37-36-29)19-11-21(16-32-14-19)39-10-9-38-7-3-4-8-38/h1-2,5-6,11-18,35H,3-4,7-10H2,(H,34,36,37). The Balaban J connectivity index is 1.21. The number of nitrogens with zero attached hydrogens (tertiary/aromatic N) is 5. The molecule has 2 N–H and O–H groups in total. The second-order valence-corrected chi connectivity index (χ2v) is 9.81. The molecule has 194 valence electrons.